The standard InChI is InChI=1S/C46H63N11O8/c1-7-29(6)39(45(63)52-34(40(47)58)20-32-22-48-25-50-32)57-44(62)38(28(4)5)56-43(61)35(18-27(2)3)53-42(60)37(21-33-23-49-26-51-33)54-41(59)36(19-30-14-10-8-11-15-30)55-46(64)65-24-31-16-12-9-13-17-31/h8-17,22-23,25-29,34-39H,7,18-21,24H2,1-6H3,(H2,47,58)(H,48,50)(H,49,51)(H,52,63)(H,53,60)(H,54,59)(H,55,64)(H,56,61)(H,57,62)/t29-,34-,35-,36-,37-,38-,39-/m0/s1. The number of carbonyl (C=O) groups excluding carboxylic acids is 7. The summed E-state index contributed by atoms with van der Waals surface area (Å²) in [4.78, 5) is 109. The molecule has 0 saturated heterocycles. The number of rotatable bonds is 25. The normalized spacial score (nSPS) is 14.4. The van der Waals surface area contributed by atoms with E-state index in [2.05, 4.69) is 51.8 Å². The molecule has 7 atom stereocenters. The molecule has 0 bridgehead atoms. The van der Waals surface area contributed by atoms with Gasteiger partial charge in [-0.25, -0.2) is 14.8 Å². The molecule has 2 aromatic carbocycles. The molecule has 0 aliphatic heterocycles. The van der Waals surface area contributed by atoms with E-state index >= 15 is 0 Å². The Kier molecular flexibility index (Phi) is 19.7. The lowest BCUT2D eigenvalue weighted by Gasteiger charge is -2.30. The van der Waals surface area contributed by atoms with Gasteiger partial charge in [0.25, 0.3) is 0 Å². The van der Waals surface area contributed by atoms with Gasteiger partial charge in [-0.3, -0.25) is 28.8 Å². The van der Waals surface area contributed by atoms with Gasteiger partial charge in [-0.2, -0.15) is 0 Å². The maximum absolute atomic E-state index is 14.3. The molecule has 350 valence electrons. The van der Waals surface area contributed by atoms with Crippen molar-refractivity contribution in [1.29, 1.82) is 0 Å². The van der Waals surface area contributed by atoms with Gasteiger partial charge in [0, 0.05) is 43.0 Å². The molecule has 0 aliphatic rings. The van der Waals surface area contributed by atoms with Crippen molar-refractivity contribution in [2.45, 2.75) is 117 Å². The molecule has 2 heterocycles. The zero-order valence-electron chi connectivity index (χ0n) is 37.8. The minimum absolute atomic E-state index is 0.0335. The number of imidazole rings is 2. The zero-order chi connectivity index (χ0) is 47.5. The smallest absolute Gasteiger partial charge is 0.408 e. The quantitative estimate of drug-likeness (QED) is 0.0467. The number of alkyl carbamates (subject to hydrolysis) is 1. The third-order valence-electron chi connectivity index (χ3n) is 10.7. The van der Waals surface area contributed by atoms with Crippen LogP contribution in [0.1, 0.15) is 76.9 Å². The molecule has 0 radical (unpaired) electrons. The molecular weight excluding hydrogens is 835 g/mol. The van der Waals surface area contributed by atoms with Gasteiger partial charge in [-0.1, -0.05) is 109 Å². The van der Waals surface area contributed by atoms with Gasteiger partial charge in [0.15, 0.2) is 0 Å². The number of nitrogens with zero attached hydrogens (tertiary/aromatic N) is 2. The van der Waals surface area contributed by atoms with Crippen LogP contribution in [-0.4, -0.2) is 97.7 Å². The summed E-state index contributed by atoms with van der Waals surface area (Å²) in [6, 6.07) is 11.1. The first-order valence-electron chi connectivity index (χ1n) is 21.8. The zero-order valence-corrected chi connectivity index (χ0v) is 37.8. The van der Waals surface area contributed by atoms with Crippen molar-refractivity contribution in [3.63, 3.8) is 0 Å². The molecule has 19 heteroatoms. The highest BCUT2D eigenvalue weighted by Gasteiger charge is 2.36. The van der Waals surface area contributed by atoms with E-state index in [0.717, 1.165) is 11.1 Å². The molecule has 0 aliphatic carbocycles. The fourth-order valence-corrected chi connectivity index (χ4v) is 6.87. The summed E-state index contributed by atoms with van der Waals surface area (Å²) in [7, 11) is 0. The van der Waals surface area contributed by atoms with E-state index in [-0.39, 0.29) is 44.1 Å². The highest BCUT2D eigenvalue weighted by atomic mass is 16.5. The second-order valence-electron chi connectivity index (χ2n) is 16.8. The van der Waals surface area contributed by atoms with Crippen LogP contribution >= 0.6 is 0 Å². The Morgan fingerprint density at radius 1 is 0.585 bits per heavy atom. The summed E-state index contributed by atoms with van der Waals surface area (Å²) >= 11 is 0. The lowest BCUT2D eigenvalue weighted by atomic mass is 9.95. The number of hydrogen-bond donors (Lipinski definition) is 9. The highest BCUT2D eigenvalue weighted by molar-refractivity contribution is 5.97. The number of aromatic nitrogens is 4. The number of ether oxygens (including phenoxy) is 1. The summed E-state index contributed by atoms with van der Waals surface area (Å²) in [5.41, 5.74) is 8.17. The number of aromatic amines is 2. The van der Waals surface area contributed by atoms with Gasteiger partial charge >= 0.3 is 6.09 Å². The maximum Gasteiger partial charge on any atom is 0.408 e. The van der Waals surface area contributed by atoms with E-state index in [4.69, 9.17) is 10.5 Å². The van der Waals surface area contributed by atoms with Crippen molar-refractivity contribution in [2.75, 3.05) is 0 Å². The molecule has 0 fully saturated rings. The van der Waals surface area contributed by atoms with E-state index in [1.807, 2.05) is 45.0 Å². The summed E-state index contributed by atoms with van der Waals surface area (Å²) < 4.78 is 5.42. The topological polar surface area (TPSA) is 284 Å². The first-order valence-corrected chi connectivity index (χ1v) is 21.8. The van der Waals surface area contributed by atoms with Crippen LogP contribution in [0.25, 0.3) is 0 Å². The van der Waals surface area contributed by atoms with Gasteiger partial charge in [0.05, 0.1) is 12.7 Å². The lowest BCUT2D eigenvalue weighted by molar-refractivity contribution is -0.136. The van der Waals surface area contributed by atoms with Crippen molar-refractivity contribution >= 4 is 41.5 Å². The van der Waals surface area contributed by atoms with E-state index in [1.54, 1.807) is 57.2 Å². The Bertz CT molecular complexity index is 2130. The molecule has 10 N–H and O–H groups in total. The number of amides is 7. The van der Waals surface area contributed by atoms with Crippen LogP contribution in [0, 0.1) is 17.8 Å². The number of nitrogens with two attached hydrogens (primary N) is 1. The van der Waals surface area contributed by atoms with Crippen LogP contribution in [0.4, 0.5) is 4.79 Å². The second kappa shape index (κ2) is 25.3. The number of primary amides is 1. The first-order chi connectivity index (χ1) is 31.0. The number of benzene rings is 2. The largest absolute Gasteiger partial charge is 0.445 e. The summed E-state index contributed by atoms with van der Waals surface area (Å²) in [5, 5.41) is 16.4. The minimum Gasteiger partial charge on any atom is -0.445 e. The average Bonchev–Trinajstić information content (AvgIpc) is 4.00. The molecule has 2 aromatic heterocycles. The van der Waals surface area contributed by atoms with Crippen molar-refractivity contribution in [3.8, 4) is 0 Å². The van der Waals surface area contributed by atoms with Crippen LogP contribution in [0.3, 0.4) is 0 Å². The van der Waals surface area contributed by atoms with E-state index in [1.165, 1.54) is 25.0 Å². The SMILES string of the molecule is CC[C@H](C)[C@H](NC(=O)[C@@H](NC(=O)[C@H](CC(C)C)NC(=O)[C@H](Cc1cnc[nH]1)NC(=O)[C@H](Cc1ccccc1)NC(=O)OCc1ccccc1)C(C)C)C(=O)N[C@@H](Cc1cnc[nH]1)C(N)=O. The second-order valence-corrected chi connectivity index (χ2v) is 16.8. The van der Waals surface area contributed by atoms with Gasteiger partial charge in [-0.15, -0.1) is 0 Å². The third kappa shape index (κ3) is 16.5. The predicted octanol–water partition coefficient (Wildman–Crippen LogP) is 2.11. The molecule has 65 heavy (non-hydrogen) atoms. The van der Waals surface area contributed by atoms with Crippen LogP contribution in [-0.2, 0) is 59.4 Å². The van der Waals surface area contributed by atoms with Crippen molar-refractivity contribution < 1.29 is 38.3 Å². The van der Waals surface area contributed by atoms with Crippen LogP contribution in [0.15, 0.2) is 85.7 Å². The van der Waals surface area contributed by atoms with Crippen molar-refractivity contribution in [1.82, 2.24) is 51.8 Å². The number of hydrogen-bond acceptors (Lipinski definition) is 10. The average molecular weight is 898 g/mol. The molecular formula is C46H63N11O8. The Hall–Kier alpha value is -7.05. The lowest BCUT2D eigenvalue weighted by Crippen LogP contribution is -2.61. The Morgan fingerprint density at radius 2 is 1.06 bits per heavy atom. The summed E-state index contributed by atoms with van der Waals surface area (Å²) in [6.07, 6.45) is 5.73. The summed E-state index contributed by atoms with van der Waals surface area (Å²) in [5.74, 6) is -5.11. The summed E-state index contributed by atoms with van der Waals surface area (Å²) in [6.45, 7) is 10.7. The van der Waals surface area contributed by atoms with Crippen LogP contribution in [0.2, 0.25) is 0 Å². The van der Waals surface area contributed by atoms with Crippen LogP contribution in [0.5, 0.6) is 0 Å². The van der Waals surface area contributed by atoms with Gasteiger partial charge < -0.3 is 52.3 Å². The van der Waals surface area contributed by atoms with E-state index in [0.29, 0.717) is 17.8 Å². The molecule has 0 spiro atoms. The maximum atomic E-state index is 14.3. The molecule has 4 rings (SSSR count). The number of H-pyrrole nitrogens is 2. The molecule has 19 nitrogen and oxygen atoms in total. The first kappa shape index (κ1) is 50.6. The van der Waals surface area contributed by atoms with Crippen molar-refractivity contribution in [2.24, 2.45) is 23.5 Å². The van der Waals surface area contributed by atoms with E-state index in [9.17, 15) is 33.6 Å². The van der Waals surface area contributed by atoms with Gasteiger partial charge in [0.1, 0.15) is 42.9 Å². The predicted molar refractivity (Wildman–Crippen MR) is 241 cm³/mol. The minimum atomic E-state index is -1.26. The highest BCUT2D eigenvalue weighted by Crippen LogP contribution is 2.14. The Morgan fingerprint density at radius 3 is 1.57 bits per heavy atom. The third-order valence-corrected chi connectivity index (χ3v) is 10.7. The Labute approximate surface area is 379 Å². The van der Waals surface area contributed by atoms with Gasteiger partial charge in [0.2, 0.25) is 35.4 Å². The fraction of sp³-hybridized carbons (Fsp3) is 0.457. The van der Waals surface area contributed by atoms with E-state index < -0.39 is 83.7 Å². The monoisotopic (exact) mass is 897 g/mol. The van der Waals surface area contributed by atoms with Gasteiger partial charge in [-0.05, 0) is 35.3 Å². The number of carbonyl (C=O) groups is 7. The number of nitrogens with one attached hydrogen (secondary N) is 8. The molecule has 4 aromatic rings. The molecule has 0 saturated carbocycles. The molecule has 7 amide bonds. The Balaban J connectivity index is 1.51. The van der Waals surface area contributed by atoms with Crippen LogP contribution < -0.4 is 37.6 Å². The van der Waals surface area contributed by atoms with Crippen molar-refractivity contribution in [3.05, 3.63) is 108 Å². The molecule has 0 unspecified atom stereocenters. The fourth-order valence-electron chi connectivity index (χ4n) is 6.87.